The van der Waals surface area contributed by atoms with Crippen molar-refractivity contribution >= 4 is 40.5 Å². The number of carbonyl (C=O) groups excluding carboxylic acids is 1. The second-order valence-electron chi connectivity index (χ2n) is 8.42. The van der Waals surface area contributed by atoms with Crippen LogP contribution in [0.3, 0.4) is 0 Å². The number of benzene rings is 1. The van der Waals surface area contributed by atoms with Crippen LogP contribution in [0.5, 0.6) is 5.75 Å². The number of carbonyl (C=O) groups is 1. The maximum absolute atomic E-state index is 13.4. The summed E-state index contributed by atoms with van der Waals surface area (Å²) in [5.41, 5.74) is 3.54. The normalized spacial score (nSPS) is 17.1. The first-order chi connectivity index (χ1) is 17.1. The number of amides is 1. The second kappa shape index (κ2) is 8.97. The Bertz CT molecular complexity index is 1490. The number of aromatic nitrogens is 4. The number of methoxy groups -OCH3 is 1. The van der Waals surface area contributed by atoms with E-state index in [4.69, 9.17) is 9.84 Å². The van der Waals surface area contributed by atoms with Crippen LogP contribution in [0, 0.1) is 0 Å². The summed E-state index contributed by atoms with van der Waals surface area (Å²) in [7, 11) is 1.63. The Labute approximate surface area is 208 Å². The molecule has 4 aromatic rings. The van der Waals surface area contributed by atoms with Gasteiger partial charge in [-0.2, -0.15) is 5.10 Å². The van der Waals surface area contributed by atoms with E-state index < -0.39 is 0 Å². The molecule has 3 aromatic heterocycles. The number of nitrogens with one attached hydrogen (secondary N) is 1. The lowest BCUT2D eigenvalue weighted by Crippen LogP contribution is -2.28. The van der Waals surface area contributed by atoms with E-state index in [1.807, 2.05) is 46.2 Å². The summed E-state index contributed by atoms with van der Waals surface area (Å²) >= 11 is 2.93. The first-order valence-electron chi connectivity index (χ1n) is 11.3. The molecule has 0 saturated carbocycles. The topological polar surface area (TPSA) is 105 Å². The molecule has 1 atom stereocenters. The number of hydrazone groups is 1. The zero-order valence-electron chi connectivity index (χ0n) is 18.9. The molecule has 0 spiro atoms. The van der Waals surface area contributed by atoms with E-state index in [1.54, 1.807) is 23.5 Å². The van der Waals surface area contributed by atoms with Crippen LogP contribution >= 0.6 is 23.1 Å². The van der Waals surface area contributed by atoms with Gasteiger partial charge < -0.3 is 4.74 Å². The zero-order chi connectivity index (χ0) is 23.9. The largest absolute Gasteiger partial charge is 0.497 e. The molecule has 178 valence electrons. The average molecular weight is 507 g/mol. The molecule has 1 N–H and O–H groups in total. The number of fused-ring (bicyclic) bond motifs is 3. The zero-order valence-corrected chi connectivity index (χ0v) is 20.6. The highest BCUT2D eigenvalue weighted by atomic mass is 32.2. The Balaban J connectivity index is 1.27. The number of hydrogen-bond acceptors (Lipinski definition) is 8. The first kappa shape index (κ1) is 22.1. The van der Waals surface area contributed by atoms with Gasteiger partial charge in [0.1, 0.15) is 5.75 Å². The summed E-state index contributed by atoms with van der Waals surface area (Å²) in [6.45, 7) is 0. The van der Waals surface area contributed by atoms with E-state index in [0.717, 1.165) is 52.4 Å². The molecule has 1 aliphatic carbocycles. The molecule has 2 aliphatic rings. The number of ether oxygens (including phenoxy) is 1. The summed E-state index contributed by atoms with van der Waals surface area (Å²) < 4.78 is 7.17. The molecule has 1 unspecified atom stereocenters. The van der Waals surface area contributed by atoms with Gasteiger partial charge in [-0.1, -0.05) is 30.0 Å². The Kier molecular flexibility index (Phi) is 5.65. The number of aryl methyl sites for hydroxylation is 1. The molecular weight excluding hydrogens is 484 g/mol. The van der Waals surface area contributed by atoms with E-state index in [-0.39, 0.29) is 23.3 Å². The van der Waals surface area contributed by atoms with Gasteiger partial charge in [-0.25, -0.2) is 5.01 Å². The Morgan fingerprint density at radius 1 is 1.23 bits per heavy atom. The lowest BCUT2D eigenvalue weighted by Gasteiger charge is -2.22. The monoisotopic (exact) mass is 506 g/mol. The van der Waals surface area contributed by atoms with Crippen LogP contribution in [0.25, 0.3) is 5.78 Å². The summed E-state index contributed by atoms with van der Waals surface area (Å²) in [6, 6.07) is 11.6. The molecule has 4 heterocycles. The molecule has 0 radical (unpaired) electrons. The minimum absolute atomic E-state index is 0.0973. The number of aromatic amines is 1. The van der Waals surface area contributed by atoms with Crippen LogP contribution in [0.1, 0.15) is 40.6 Å². The van der Waals surface area contributed by atoms with Crippen molar-refractivity contribution in [2.75, 3.05) is 12.9 Å². The lowest BCUT2D eigenvalue weighted by molar-refractivity contribution is -0.130. The van der Waals surface area contributed by atoms with Crippen molar-refractivity contribution in [3.8, 4) is 5.75 Å². The smallest absolute Gasteiger partial charge is 0.255 e. The third-order valence-electron chi connectivity index (χ3n) is 6.39. The van der Waals surface area contributed by atoms with Gasteiger partial charge >= 0.3 is 0 Å². The van der Waals surface area contributed by atoms with E-state index in [1.165, 1.54) is 11.8 Å². The predicted molar refractivity (Wildman–Crippen MR) is 134 cm³/mol. The van der Waals surface area contributed by atoms with Crippen molar-refractivity contribution in [2.24, 2.45) is 5.10 Å². The fourth-order valence-corrected chi connectivity index (χ4v) is 6.22. The molecule has 9 nitrogen and oxygen atoms in total. The van der Waals surface area contributed by atoms with Gasteiger partial charge in [-0.05, 0) is 48.4 Å². The molecule has 0 saturated heterocycles. The van der Waals surface area contributed by atoms with Crippen molar-refractivity contribution in [1.82, 2.24) is 24.6 Å². The van der Waals surface area contributed by atoms with E-state index >= 15 is 0 Å². The molecule has 11 heteroatoms. The number of H-pyrrole nitrogens is 1. The summed E-state index contributed by atoms with van der Waals surface area (Å²) in [5.74, 6) is 1.23. The number of rotatable bonds is 6. The first-order valence-corrected chi connectivity index (χ1v) is 13.2. The maximum Gasteiger partial charge on any atom is 0.255 e. The van der Waals surface area contributed by atoms with E-state index in [9.17, 15) is 9.59 Å². The number of hydrogen-bond donors (Lipinski definition) is 1. The number of thioether (sulfide) groups is 1. The highest BCUT2D eigenvalue weighted by Crippen LogP contribution is 2.35. The predicted octanol–water partition coefficient (Wildman–Crippen LogP) is 3.45. The van der Waals surface area contributed by atoms with Gasteiger partial charge in [0, 0.05) is 17.7 Å². The van der Waals surface area contributed by atoms with Crippen molar-refractivity contribution in [2.45, 2.75) is 36.9 Å². The van der Waals surface area contributed by atoms with Gasteiger partial charge in [0.15, 0.2) is 5.16 Å². The molecule has 0 fully saturated rings. The second-order valence-corrected chi connectivity index (χ2v) is 10.3. The Morgan fingerprint density at radius 3 is 2.86 bits per heavy atom. The molecule has 35 heavy (non-hydrogen) atoms. The number of thiophene rings is 1. The highest BCUT2D eigenvalue weighted by Gasteiger charge is 2.34. The van der Waals surface area contributed by atoms with Crippen molar-refractivity contribution in [3.63, 3.8) is 0 Å². The molecule has 1 amide bonds. The molecule has 0 bridgehead atoms. The molecule has 6 rings (SSSR count). The highest BCUT2D eigenvalue weighted by molar-refractivity contribution is 7.99. The van der Waals surface area contributed by atoms with Crippen molar-refractivity contribution in [3.05, 3.63) is 73.8 Å². The van der Waals surface area contributed by atoms with Crippen LogP contribution < -0.4 is 10.3 Å². The lowest BCUT2D eigenvalue weighted by atomic mass is 10.0. The van der Waals surface area contributed by atoms with E-state index in [2.05, 4.69) is 15.2 Å². The fraction of sp³-hybridized carbons (Fsp3) is 0.292. The standard InChI is InChI=1S/C24H22N6O3S2/c1-33-15-9-7-14(8-10-15)19-12-17(20-6-3-11-34-20)28-30(19)21(31)13-35-24-27-26-23-25-22(32)16-4-2-5-18(16)29(23)24/h3,6-11,19H,2,4-5,12-13H2,1H3,(H,25,26,32). The maximum atomic E-state index is 13.4. The fourth-order valence-electron chi connectivity index (χ4n) is 4.69. The van der Waals surface area contributed by atoms with Crippen LogP contribution in [0.2, 0.25) is 0 Å². The summed E-state index contributed by atoms with van der Waals surface area (Å²) in [5, 5.41) is 17.3. The van der Waals surface area contributed by atoms with Gasteiger partial charge in [0.05, 0.1) is 29.5 Å². The van der Waals surface area contributed by atoms with Crippen LogP contribution in [0.15, 0.2) is 56.8 Å². The van der Waals surface area contributed by atoms with Gasteiger partial charge in [0.25, 0.3) is 11.5 Å². The van der Waals surface area contributed by atoms with Gasteiger partial charge in [-0.15, -0.1) is 21.5 Å². The van der Waals surface area contributed by atoms with Gasteiger partial charge in [-0.3, -0.25) is 19.0 Å². The van der Waals surface area contributed by atoms with Crippen LogP contribution in [-0.4, -0.2) is 49.1 Å². The van der Waals surface area contributed by atoms with Crippen molar-refractivity contribution < 1.29 is 9.53 Å². The SMILES string of the molecule is COc1ccc(C2CC(c3cccs3)=NN2C(=O)CSc2nnc3[nH]c(=O)c4c(n23)CCC4)cc1. The summed E-state index contributed by atoms with van der Waals surface area (Å²) in [4.78, 5) is 29.6. The van der Waals surface area contributed by atoms with Gasteiger partial charge in [0.2, 0.25) is 5.78 Å². The van der Waals surface area contributed by atoms with Crippen LogP contribution in [0.4, 0.5) is 0 Å². The Hall–Kier alpha value is -3.44. The Morgan fingerprint density at radius 2 is 2.09 bits per heavy atom. The minimum atomic E-state index is -0.193. The molecular formula is C24H22N6O3S2. The average Bonchev–Trinajstić information content (AvgIpc) is 3.67. The third kappa shape index (κ3) is 3.94. The van der Waals surface area contributed by atoms with Crippen molar-refractivity contribution in [1.29, 1.82) is 0 Å². The van der Waals surface area contributed by atoms with E-state index in [0.29, 0.717) is 17.4 Å². The number of nitrogens with zero attached hydrogens (tertiary/aromatic N) is 5. The summed E-state index contributed by atoms with van der Waals surface area (Å²) in [6.07, 6.45) is 3.12. The third-order valence-corrected chi connectivity index (χ3v) is 8.22. The quantitative estimate of drug-likeness (QED) is 0.402. The molecule has 1 aromatic carbocycles. The minimum Gasteiger partial charge on any atom is -0.497 e. The molecule has 1 aliphatic heterocycles. The van der Waals surface area contributed by atoms with Crippen LogP contribution in [-0.2, 0) is 17.6 Å².